The van der Waals surface area contributed by atoms with Gasteiger partial charge in [0.1, 0.15) is 12.3 Å². The number of nitrogens with zero attached hydrogens (tertiary/aromatic N) is 4. The molecular weight excluding hydrogens is 344 g/mol. The van der Waals surface area contributed by atoms with Crippen molar-refractivity contribution in [1.82, 2.24) is 14.4 Å². The lowest BCUT2D eigenvalue weighted by Crippen LogP contribution is -2.49. The molecule has 2 heterocycles. The highest BCUT2D eigenvalue weighted by Crippen LogP contribution is 2.11. The van der Waals surface area contributed by atoms with Gasteiger partial charge in [-0.3, -0.25) is 14.5 Å². The van der Waals surface area contributed by atoms with Gasteiger partial charge in [0.15, 0.2) is 0 Å². The highest BCUT2D eigenvalue weighted by atomic mass is 16.3. The predicted molar refractivity (Wildman–Crippen MR) is 100 cm³/mol. The minimum Gasteiger partial charge on any atom is -0.508 e. The zero-order valence-corrected chi connectivity index (χ0v) is 15.3. The summed E-state index contributed by atoms with van der Waals surface area (Å²) in [6.07, 6.45) is 0. The average molecular weight is 366 g/mol. The van der Waals surface area contributed by atoms with E-state index in [1.807, 2.05) is 24.3 Å². The third kappa shape index (κ3) is 4.54. The van der Waals surface area contributed by atoms with Crippen LogP contribution in [-0.4, -0.2) is 51.6 Å². The molecule has 1 saturated heterocycles. The van der Waals surface area contributed by atoms with Crippen LogP contribution < -0.4 is 5.56 Å². The van der Waals surface area contributed by atoms with E-state index >= 15 is 0 Å². The quantitative estimate of drug-likeness (QED) is 0.875. The largest absolute Gasteiger partial charge is 0.508 e. The smallest absolute Gasteiger partial charge is 0.254 e. The molecule has 0 unspecified atom stereocenters. The van der Waals surface area contributed by atoms with Gasteiger partial charge in [-0.05, 0) is 30.7 Å². The molecule has 7 heteroatoms. The monoisotopic (exact) mass is 366 g/mol. The maximum Gasteiger partial charge on any atom is 0.254 e. The number of pyridine rings is 1. The van der Waals surface area contributed by atoms with Crippen LogP contribution >= 0.6 is 0 Å². The third-order valence-corrected chi connectivity index (χ3v) is 4.83. The average Bonchev–Trinajstić information content (AvgIpc) is 2.65. The Kier molecular flexibility index (Phi) is 5.57. The summed E-state index contributed by atoms with van der Waals surface area (Å²) in [6.45, 7) is 5.21. The maximum atomic E-state index is 12.5. The molecule has 0 saturated carbocycles. The number of benzene rings is 1. The molecule has 27 heavy (non-hydrogen) atoms. The minimum atomic E-state index is -0.375. The van der Waals surface area contributed by atoms with Crippen LogP contribution in [-0.2, 0) is 17.9 Å². The van der Waals surface area contributed by atoms with Gasteiger partial charge in [-0.25, -0.2) is 0 Å². The fourth-order valence-electron chi connectivity index (χ4n) is 3.25. The Morgan fingerprint density at radius 3 is 2.41 bits per heavy atom. The van der Waals surface area contributed by atoms with Crippen molar-refractivity contribution in [2.75, 3.05) is 26.2 Å². The van der Waals surface area contributed by atoms with Gasteiger partial charge < -0.3 is 14.6 Å². The van der Waals surface area contributed by atoms with Crippen molar-refractivity contribution < 1.29 is 9.90 Å². The lowest BCUT2D eigenvalue weighted by atomic mass is 10.1. The number of hydrogen-bond acceptors (Lipinski definition) is 5. The van der Waals surface area contributed by atoms with Crippen LogP contribution in [0.1, 0.15) is 16.8 Å². The van der Waals surface area contributed by atoms with E-state index in [2.05, 4.69) is 11.0 Å². The summed E-state index contributed by atoms with van der Waals surface area (Å²) >= 11 is 0. The first-order valence-corrected chi connectivity index (χ1v) is 8.86. The van der Waals surface area contributed by atoms with Crippen molar-refractivity contribution >= 4 is 5.91 Å². The molecule has 1 amide bonds. The van der Waals surface area contributed by atoms with E-state index in [1.165, 1.54) is 10.6 Å². The van der Waals surface area contributed by atoms with E-state index in [0.717, 1.165) is 31.3 Å². The highest BCUT2D eigenvalue weighted by Gasteiger charge is 2.22. The Bertz CT molecular complexity index is 920. The van der Waals surface area contributed by atoms with Crippen molar-refractivity contribution in [3.63, 3.8) is 0 Å². The molecule has 1 aliphatic heterocycles. The lowest BCUT2D eigenvalue weighted by Gasteiger charge is -2.35. The Hall–Kier alpha value is -3.11. The van der Waals surface area contributed by atoms with Gasteiger partial charge in [0.05, 0.1) is 11.6 Å². The summed E-state index contributed by atoms with van der Waals surface area (Å²) in [5.41, 5.74) is 1.97. The molecule has 2 aromatic rings. The summed E-state index contributed by atoms with van der Waals surface area (Å²) < 4.78 is 1.38. The van der Waals surface area contributed by atoms with Crippen molar-refractivity contribution in [1.29, 1.82) is 5.26 Å². The third-order valence-electron chi connectivity index (χ3n) is 4.83. The number of hydrogen-bond donors (Lipinski definition) is 1. The van der Waals surface area contributed by atoms with Crippen LogP contribution in [0.5, 0.6) is 5.75 Å². The molecule has 0 spiro atoms. The SMILES string of the molecule is Cc1cc(O)cc(=O)n1CC(=O)N1CCN(Cc2ccc(C#N)cc2)CC1. The van der Waals surface area contributed by atoms with Gasteiger partial charge >= 0.3 is 0 Å². The zero-order valence-electron chi connectivity index (χ0n) is 15.3. The van der Waals surface area contributed by atoms with Crippen LogP contribution in [0.2, 0.25) is 0 Å². The molecule has 140 valence electrons. The van der Waals surface area contributed by atoms with Gasteiger partial charge in [-0.15, -0.1) is 0 Å². The molecule has 3 rings (SSSR count). The molecule has 1 aromatic carbocycles. The number of nitriles is 1. The molecule has 7 nitrogen and oxygen atoms in total. The summed E-state index contributed by atoms with van der Waals surface area (Å²) in [4.78, 5) is 28.6. The number of aromatic hydroxyl groups is 1. The van der Waals surface area contributed by atoms with E-state index in [0.29, 0.717) is 24.3 Å². The number of piperazine rings is 1. The summed E-state index contributed by atoms with van der Waals surface area (Å²) in [5, 5.41) is 18.3. The molecule has 0 aliphatic carbocycles. The molecule has 1 fully saturated rings. The molecule has 1 aromatic heterocycles. The number of rotatable bonds is 4. The molecule has 0 atom stereocenters. The van der Waals surface area contributed by atoms with E-state index < -0.39 is 0 Å². The predicted octanol–water partition coefficient (Wildman–Crippen LogP) is 1.08. The van der Waals surface area contributed by atoms with Crippen LogP contribution in [0.4, 0.5) is 0 Å². The molecule has 1 N–H and O–H groups in total. The number of aryl methyl sites for hydroxylation is 1. The number of amides is 1. The Labute approximate surface area is 157 Å². The van der Waals surface area contributed by atoms with Gasteiger partial charge in [-0.1, -0.05) is 12.1 Å². The first-order valence-electron chi connectivity index (χ1n) is 8.86. The van der Waals surface area contributed by atoms with Gasteiger partial charge in [0.2, 0.25) is 5.91 Å². The summed E-state index contributed by atoms with van der Waals surface area (Å²) in [7, 11) is 0. The van der Waals surface area contributed by atoms with Crippen molar-refractivity contribution in [2.24, 2.45) is 0 Å². The molecule has 0 radical (unpaired) electrons. The van der Waals surface area contributed by atoms with Gasteiger partial charge in [0.25, 0.3) is 5.56 Å². The molecule has 0 bridgehead atoms. The topological polar surface area (TPSA) is 89.6 Å². The normalized spacial score (nSPS) is 14.7. The van der Waals surface area contributed by atoms with E-state index in [4.69, 9.17) is 5.26 Å². The zero-order chi connectivity index (χ0) is 19.4. The van der Waals surface area contributed by atoms with Crippen LogP contribution in [0.3, 0.4) is 0 Å². The summed E-state index contributed by atoms with van der Waals surface area (Å²) in [5.74, 6) is -0.179. The fourth-order valence-corrected chi connectivity index (χ4v) is 3.25. The Balaban J connectivity index is 1.55. The van der Waals surface area contributed by atoms with E-state index in [9.17, 15) is 14.7 Å². The second kappa shape index (κ2) is 8.06. The number of carbonyl (C=O) groups excluding carboxylic acids is 1. The Morgan fingerprint density at radius 1 is 1.15 bits per heavy atom. The second-order valence-corrected chi connectivity index (χ2v) is 6.74. The lowest BCUT2D eigenvalue weighted by molar-refractivity contribution is -0.133. The highest BCUT2D eigenvalue weighted by molar-refractivity contribution is 5.76. The van der Waals surface area contributed by atoms with Gasteiger partial charge in [0, 0.05) is 44.5 Å². The van der Waals surface area contributed by atoms with Crippen LogP contribution in [0.25, 0.3) is 0 Å². The number of carbonyl (C=O) groups is 1. The fraction of sp³-hybridized carbons (Fsp3) is 0.350. The standard InChI is InChI=1S/C20H22N4O3/c1-15-10-18(25)11-19(26)24(15)14-20(27)23-8-6-22(7-9-23)13-17-4-2-16(12-21)3-5-17/h2-5,10-11,25H,6-9,13-14H2,1H3. The first kappa shape index (κ1) is 18.7. The maximum absolute atomic E-state index is 12.5. The van der Waals surface area contributed by atoms with Crippen LogP contribution in [0.15, 0.2) is 41.2 Å². The van der Waals surface area contributed by atoms with Crippen LogP contribution in [0, 0.1) is 18.3 Å². The second-order valence-electron chi connectivity index (χ2n) is 6.74. The molecule has 1 aliphatic rings. The summed E-state index contributed by atoms with van der Waals surface area (Å²) in [6, 6.07) is 12.2. The van der Waals surface area contributed by atoms with Crippen molar-refractivity contribution in [2.45, 2.75) is 20.0 Å². The van der Waals surface area contributed by atoms with Crippen molar-refractivity contribution in [3.05, 3.63) is 63.6 Å². The Morgan fingerprint density at radius 2 is 1.81 bits per heavy atom. The first-order chi connectivity index (χ1) is 13.0. The van der Waals surface area contributed by atoms with E-state index in [-0.39, 0.29) is 23.8 Å². The van der Waals surface area contributed by atoms with E-state index in [1.54, 1.807) is 11.8 Å². The molecular formula is C20H22N4O3. The van der Waals surface area contributed by atoms with Gasteiger partial charge in [-0.2, -0.15) is 5.26 Å². The van der Waals surface area contributed by atoms with Crippen molar-refractivity contribution in [3.8, 4) is 11.8 Å². The number of aromatic nitrogens is 1. The minimum absolute atomic E-state index is 0.0133.